The predicted octanol–water partition coefficient (Wildman–Crippen LogP) is 6.52. The van der Waals surface area contributed by atoms with Crippen molar-refractivity contribution < 1.29 is 36.6 Å². The van der Waals surface area contributed by atoms with Gasteiger partial charge >= 0.3 is 0 Å². The fraction of sp³-hybridized carbons (Fsp3) is 0.303. The van der Waals surface area contributed by atoms with Crippen LogP contribution in [0.1, 0.15) is 48.2 Å². The number of nitrogens with zero attached hydrogens (tertiary/aromatic N) is 1. The van der Waals surface area contributed by atoms with Gasteiger partial charge in [0, 0.05) is 18.2 Å². The average molecular weight is 601 g/mol. The lowest BCUT2D eigenvalue weighted by molar-refractivity contribution is 0.0928. The van der Waals surface area contributed by atoms with Crippen molar-refractivity contribution in [1.82, 2.24) is 10.2 Å². The molecule has 43 heavy (non-hydrogen) atoms. The first-order valence-corrected chi connectivity index (χ1v) is 14.0. The number of nitrogens with one attached hydrogen (secondary N) is 1. The van der Waals surface area contributed by atoms with Gasteiger partial charge in [-0.1, -0.05) is 38.1 Å². The molecule has 2 N–H and O–H groups in total. The lowest BCUT2D eigenvalue weighted by Gasteiger charge is -2.32. The predicted molar refractivity (Wildman–Crippen MR) is 155 cm³/mol. The first kappa shape index (κ1) is 31.9. The highest BCUT2D eigenvalue weighted by Crippen LogP contribution is 2.33. The number of hydrogen-bond acceptors (Lipinski definition) is 4. The zero-order valence-corrected chi connectivity index (χ0v) is 23.8. The van der Waals surface area contributed by atoms with Crippen LogP contribution >= 0.6 is 0 Å². The molecule has 0 aliphatic heterocycles. The number of ether oxygens (including phenoxy) is 1. The van der Waals surface area contributed by atoms with E-state index in [1.54, 1.807) is 0 Å². The molecule has 1 aliphatic rings. The Hall–Kier alpha value is -4.02. The first-order chi connectivity index (χ1) is 20.6. The van der Waals surface area contributed by atoms with Crippen molar-refractivity contribution in [2.45, 2.75) is 38.8 Å². The number of rotatable bonds is 10. The van der Waals surface area contributed by atoms with Crippen molar-refractivity contribution in [3.63, 3.8) is 0 Å². The van der Waals surface area contributed by atoms with Crippen LogP contribution in [0.4, 0.5) is 22.0 Å². The summed E-state index contributed by atoms with van der Waals surface area (Å²) in [5.41, 5.74) is 1.37. The standard InChI is InChI=1S/C33H33F5N2O3/c1-3-40(4-2)11-12-43-31-10-7-22(19-30(31)38)33(42)39-25-17-23(13-20-5-8-26(34)28(36)15-20)32(41)24(18-25)14-21-6-9-27(35)29(37)16-21/h5-10,13-16,19,25,32,41H,3-4,11-12,17-18H2,1-2H3,(H,39,42)/b23-13+,24-14+. The second kappa shape index (κ2) is 14.4. The molecular weight excluding hydrogens is 567 g/mol. The van der Waals surface area contributed by atoms with Gasteiger partial charge in [0.1, 0.15) is 6.61 Å². The molecule has 1 fully saturated rings. The van der Waals surface area contributed by atoms with Crippen LogP contribution in [-0.2, 0) is 0 Å². The van der Waals surface area contributed by atoms with Crippen molar-refractivity contribution in [3.05, 3.63) is 112 Å². The molecule has 0 bridgehead atoms. The number of likely N-dealkylation sites (N-methyl/N-ethyl adjacent to an activating group) is 1. The monoisotopic (exact) mass is 600 g/mol. The van der Waals surface area contributed by atoms with Gasteiger partial charge in [0.2, 0.25) is 0 Å². The summed E-state index contributed by atoms with van der Waals surface area (Å²) in [6.45, 7) is 6.64. The molecule has 0 unspecified atom stereocenters. The van der Waals surface area contributed by atoms with Crippen molar-refractivity contribution in [2.75, 3.05) is 26.2 Å². The Morgan fingerprint density at radius 1 is 0.837 bits per heavy atom. The Labute approximate surface area is 247 Å². The lowest BCUT2D eigenvalue weighted by atomic mass is 9.82. The van der Waals surface area contributed by atoms with Gasteiger partial charge in [0.15, 0.2) is 34.8 Å². The van der Waals surface area contributed by atoms with Crippen LogP contribution in [0, 0.1) is 29.1 Å². The maximum Gasteiger partial charge on any atom is 0.251 e. The van der Waals surface area contributed by atoms with Crippen LogP contribution in [-0.4, -0.2) is 54.3 Å². The van der Waals surface area contributed by atoms with Gasteiger partial charge in [-0.25, -0.2) is 22.0 Å². The number of aliphatic hydroxyl groups is 1. The maximum absolute atomic E-state index is 14.8. The lowest BCUT2D eigenvalue weighted by Crippen LogP contribution is -2.40. The van der Waals surface area contributed by atoms with Crippen LogP contribution in [0.5, 0.6) is 5.75 Å². The van der Waals surface area contributed by atoms with E-state index >= 15 is 0 Å². The third kappa shape index (κ3) is 8.30. The smallest absolute Gasteiger partial charge is 0.251 e. The molecular formula is C33H33F5N2O3. The van der Waals surface area contributed by atoms with Crippen LogP contribution < -0.4 is 10.1 Å². The minimum Gasteiger partial charge on any atom is -0.489 e. The third-order valence-corrected chi connectivity index (χ3v) is 7.35. The number of hydrogen-bond donors (Lipinski definition) is 2. The van der Waals surface area contributed by atoms with Crippen LogP contribution in [0.15, 0.2) is 65.7 Å². The van der Waals surface area contributed by atoms with Gasteiger partial charge in [0.05, 0.1) is 6.10 Å². The molecule has 0 heterocycles. The van der Waals surface area contributed by atoms with E-state index in [0.29, 0.717) is 17.7 Å². The number of amides is 1. The van der Waals surface area contributed by atoms with Crippen LogP contribution in [0.2, 0.25) is 0 Å². The molecule has 228 valence electrons. The van der Waals surface area contributed by atoms with Crippen LogP contribution in [0.25, 0.3) is 12.2 Å². The maximum atomic E-state index is 14.8. The molecule has 5 nitrogen and oxygen atoms in total. The van der Waals surface area contributed by atoms with E-state index in [1.165, 1.54) is 36.4 Å². The van der Waals surface area contributed by atoms with Crippen molar-refractivity contribution in [1.29, 1.82) is 0 Å². The Bertz CT molecular complexity index is 1450. The molecule has 0 saturated heterocycles. The van der Waals surface area contributed by atoms with E-state index in [2.05, 4.69) is 10.2 Å². The molecule has 3 aromatic rings. The molecule has 3 aromatic carbocycles. The van der Waals surface area contributed by atoms with Crippen molar-refractivity contribution in [2.24, 2.45) is 0 Å². The number of carbonyl (C=O) groups excluding carboxylic acids is 1. The van der Waals surface area contributed by atoms with Crippen molar-refractivity contribution >= 4 is 18.1 Å². The zero-order valence-electron chi connectivity index (χ0n) is 23.8. The highest BCUT2D eigenvalue weighted by Gasteiger charge is 2.30. The van der Waals surface area contributed by atoms with Gasteiger partial charge in [-0.2, -0.15) is 0 Å². The number of benzene rings is 3. The van der Waals surface area contributed by atoms with E-state index < -0.39 is 47.1 Å². The van der Waals surface area contributed by atoms with Crippen molar-refractivity contribution in [3.8, 4) is 5.75 Å². The fourth-order valence-corrected chi connectivity index (χ4v) is 4.97. The van der Waals surface area contributed by atoms with Gasteiger partial charge in [-0.3, -0.25) is 4.79 Å². The summed E-state index contributed by atoms with van der Waals surface area (Å²) >= 11 is 0. The minimum atomic E-state index is -1.19. The molecule has 4 rings (SSSR count). The van der Waals surface area contributed by atoms with E-state index in [4.69, 9.17) is 4.74 Å². The van der Waals surface area contributed by atoms with Gasteiger partial charge in [0.25, 0.3) is 5.91 Å². The topological polar surface area (TPSA) is 61.8 Å². The van der Waals surface area contributed by atoms with E-state index in [-0.39, 0.29) is 41.9 Å². The summed E-state index contributed by atoms with van der Waals surface area (Å²) in [7, 11) is 0. The quantitative estimate of drug-likeness (QED) is 0.260. The average Bonchev–Trinajstić information content (AvgIpc) is 2.98. The van der Waals surface area contributed by atoms with E-state index in [0.717, 1.165) is 43.4 Å². The summed E-state index contributed by atoms with van der Waals surface area (Å²) < 4.78 is 75.0. The Balaban J connectivity index is 1.55. The summed E-state index contributed by atoms with van der Waals surface area (Å²) in [5, 5.41) is 14.0. The second-order valence-corrected chi connectivity index (χ2v) is 10.3. The largest absolute Gasteiger partial charge is 0.489 e. The highest BCUT2D eigenvalue weighted by atomic mass is 19.2. The molecule has 1 aliphatic carbocycles. The number of aliphatic hydroxyl groups excluding tert-OH is 1. The highest BCUT2D eigenvalue weighted by molar-refractivity contribution is 5.94. The molecule has 0 spiro atoms. The Morgan fingerprint density at radius 2 is 1.40 bits per heavy atom. The molecule has 0 radical (unpaired) electrons. The van der Waals surface area contributed by atoms with Gasteiger partial charge in [-0.05, 0) is 90.7 Å². The molecule has 1 saturated carbocycles. The van der Waals surface area contributed by atoms with E-state index in [1.807, 2.05) is 13.8 Å². The molecule has 10 heteroatoms. The van der Waals surface area contributed by atoms with E-state index in [9.17, 15) is 31.9 Å². The summed E-state index contributed by atoms with van der Waals surface area (Å²) in [6.07, 6.45) is 2.04. The molecule has 0 atom stereocenters. The van der Waals surface area contributed by atoms with Crippen LogP contribution in [0.3, 0.4) is 0 Å². The summed E-state index contributed by atoms with van der Waals surface area (Å²) in [6, 6.07) is 9.86. The fourth-order valence-electron chi connectivity index (χ4n) is 4.97. The number of carbonyl (C=O) groups is 1. The third-order valence-electron chi connectivity index (χ3n) is 7.35. The minimum absolute atomic E-state index is 0.0259. The Morgan fingerprint density at radius 3 is 1.88 bits per heavy atom. The second-order valence-electron chi connectivity index (χ2n) is 10.3. The SMILES string of the molecule is CCN(CC)CCOc1ccc(C(=O)NC2C/C(=C\c3ccc(F)c(F)c3)C(O)/C(=C/c3ccc(F)c(F)c3)C2)cc1F. The molecule has 0 aromatic heterocycles. The summed E-state index contributed by atoms with van der Waals surface area (Å²) in [4.78, 5) is 15.3. The first-order valence-electron chi connectivity index (χ1n) is 14.0. The van der Waals surface area contributed by atoms with Gasteiger partial charge in [-0.15, -0.1) is 0 Å². The Kier molecular flexibility index (Phi) is 10.7. The van der Waals surface area contributed by atoms with Gasteiger partial charge < -0.3 is 20.1 Å². The number of halogens is 5. The zero-order chi connectivity index (χ0) is 31.1. The molecule has 1 amide bonds. The normalized spacial score (nSPS) is 18.8. The summed E-state index contributed by atoms with van der Waals surface area (Å²) in [5.74, 6) is -5.42.